The molecule has 0 aromatic heterocycles. The van der Waals surface area contributed by atoms with Crippen LogP contribution in [0.25, 0.3) is 6.08 Å². The van der Waals surface area contributed by atoms with Crippen molar-refractivity contribution in [3.8, 4) is 11.5 Å². The van der Waals surface area contributed by atoms with Gasteiger partial charge in [-0.3, -0.25) is 9.59 Å². The Hall–Kier alpha value is -2.99. The molecule has 1 fully saturated rings. The molecule has 7 heteroatoms. The van der Waals surface area contributed by atoms with Crippen LogP contribution in [0.5, 0.6) is 11.5 Å². The van der Waals surface area contributed by atoms with Gasteiger partial charge in [0, 0.05) is 37.8 Å². The molecule has 164 valence electrons. The van der Waals surface area contributed by atoms with E-state index in [-0.39, 0.29) is 11.8 Å². The lowest BCUT2D eigenvalue weighted by atomic mass is 10.1. The van der Waals surface area contributed by atoms with Crippen LogP contribution in [0, 0.1) is 6.92 Å². The number of methoxy groups -OCH3 is 1. The van der Waals surface area contributed by atoms with E-state index in [0.29, 0.717) is 54.9 Å². The summed E-state index contributed by atoms with van der Waals surface area (Å²) < 4.78 is 10.9. The van der Waals surface area contributed by atoms with Crippen LogP contribution in [0.1, 0.15) is 28.4 Å². The Morgan fingerprint density at radius 2 is 1.71 bits per heavy atom. The Balaban J connectivity index is 1.60. The van der Waals surface area contributed by atoms with Crippen LogP contribution in [0.15, 0.2) is 42.5 Å². The van der Waals surface area contributed by atoms with Crippen LogP contribution in [-0.4, -0.2) is 61.5 Å². The van der Waals surface area contributed by atoms with E-state index in [1.807, 2.05) is 38.1 Å². The van der Waals surface area contributed by atoms with Gasteiger partial charge in [0.2, 0.25) is 5.91 Å². The Morgan fingerprint density at radius 3 is 2.32 bits per heavy atom. The normalized spacial score (nSPS) is 14.1. The third-order valence-corrected chi connectivity index (χ3v) is 5.41. The summed E-state index contributed by atoms with van der Waals surface area (Å²) in [6.07, 6.45) is 3.23. The Morgan fingerprint density at radius 1 is 1.06 bits per heavy atom. The van der Waals surface area contributed by atoms with Gasteiger partial charge in [0.15, 0.2) is 11.5 Å². The molecule has 3 rings (SSSR count). The zero-order valence-corrected chi connectivity index (χ0v) is 18.8. The van der Waals surface area contributed by atoms with Crippen molar-refractivity contribution in [3.05, 3.63) is 64.2 Å². The molecule has 31 heavy (non-hydrogen) atoms. The Labute approximate surface area is 188 Å². The van der Waals surface area contributed by atoms with Crippen LogP contribution in [0.3, 0.4) is 0 Å². The summed E-state index contributed by atoms with van der Waals surface area (Å²) in [5, 5.41) is 0.420. The van der Waals surface area contributed by atoms with E-state index < -0.39 is 0 Å². The number of hydrogen-bond acceptors (Lipinski definition) is 4. The van der Waals surface area contributed by atoms with E-state index in [1.165, 1.54) is 13.2 Å². The summed E-state index contributed by atoms with van der Waals surface area (Å²) in [4.78, 5) is 28.8. The number of halogens is 1. The van der Waals surface area contributed by atoms with Gasteiger partial charge in [-0.25, -0.2) is 0 Å². The topological polar surface area (TPSA) is 59.1 Å². The second-order valence-corrected chi connectivity index (χ2v) is 7.69. The highest BCUT2D eigenvalue weighted by Crippen LogP contribution is 2.36. The van der Waals surface area contributed by atoms with E-state index in [9.17, 15) is 9.59 Å². The smallest absolute Gasteiger partial charge is 0.253 e. The zero-order chi connectivity index (χ0) is 22.4. The molecular weight excluding hydrogens is 416 g/mol. The highest BCUT2D eigenvalue weighted by molar-refractivity contribution is 6.32. The highest BCUT2D eigenvalue weighted by Gasteiger charge is 2.24. The third-order valence-electron chi connectivity index (χ3n) is 5.13. The predicted octanol–water partition coefficient (Wildman–Crippen LogP) is 4.05. The van der Waals surface area contributed by atoms with Crippen LogP contribution in [-0.2, 0) is 4.79 Å². The second kappa shape index (κ2) is 10.4. The van der Waals surface area contributed by atoms with Crippen LogP contribution in [0.4, 0.5) is 0 Å². The number of rotatable bonds is 6. The lowest BCUT2D eigenvalue weighted by Crippen LogP contribution is -2.50. The minimum atomic E-state index is -0.104. The average Bonchev–Trinajstić information content (AvgIpc) is 2.78. The Bertz CT molecular complexity index is 964. The summed E-state index contributed by atoms with van der Waals surface area (Å²) >= 11 is 6.27. The van der Waals surface area contributed by atoms with Crippen molar-refractivity contribution in [1.29, 1.82) is 0 Å². The number of piperazine rings is 1. The van der Waals surface area contributed by atoms with Crippen LogP contribution in [0.2, 0.25) is 5.02 Å². The van der Waals surface area contributed by atoms with Crippen molar-refractivity contribution in [2.75, 3.05) is 39.9 Å². The molecule has 2 aromatic rings. The van der Waals surface area contributed by atoms with Gasteiger partial charge in [-0.1, -0.05) is 29.3 Å². The van der Waals surface area contributed by atoms with Crippen molar-refractivity contribution in [1.82, 2.24) is 9.80 Å². The number of amides is 2. The van der Waals surface area contributed by atoms with Gasteiger partial charge >= 0.3 is 0 Å². The van der Waals surface area contributed by atoms with Gasteiger partial charge in [-0.05, 0) is 49.8 Å². The van der Waals surface area contributed by atoms with Gasteiger partial charge in [0.25, 0.3) is 5.91 Å². The fourth-order valence-corrected chi connectivity index (χ4v) is 3.72. The lowest BCUT2D eigenvalue weighted by Gasteiger charge is -2.34. The molecule has 0 aliphatic carbocycles. The SMILES string of the molecule is CCOc1cc(/C=C/C(=O)N2CCN(C(=O)c3ccc(C)cc3)CC2)cc(Cl)c1OC. The maximum absolute atomic E-state index is 12.6. The molecule has 6 nitrogen and oxygen atoms in total. The maximum Gasteiger partial charge on any atom is 0.253 e. The maximum atomic E-state index is 12.6. The summed E-state index contributed by atoms with van der Waals surface area (Å²) in [5.74, 6) is 0.903. The molecule has 0 atom stereocenters. The molecule has 0 bridgehead atoms. The molecule has 2 amide bonds. The molecular formula is C24H27ClN2O4. The third kappa shape index (κ3) is 5.58. The first-order chi connectivity index (χ1) is 14.9. The van der Waals surface area contributed by atoms with Gasteiger partial charge in [-0.2, -0.15) is 0 Å². The molecule has 0 saturated carbocycles. The first-order valence-electron chi connectivity index (χ1n) is 10.3. The molecule has 0 unspecified atom stereocenters. The number of carbonyl (C=O) groups excluding carboxylic acids is 2. The predicted molar refractivity (Wildman–Crippen MR) is 122 cm³/mol. The van der Waals surface area contributed by atoms with Crippen molar-refractivity contribution in [3.63, 3.8) is 0 Å². The standard InChI is InChI=1S/C24H27ClN2O4/c1-4-31-21-16-18(15-20(25)23(21)30-3)7-10-22(28)26-11-13-27(14-12-26)24(29)19-8-5-17(2)6-9-19/h5-10,15-16H,4,11-14H2,1-3H3/b10-7+. The summed E-state index contributed by atoms with van der Waals surface area (Å²) in [7, 11) is 1.53. The molecule has 1 aliphatic heterocycles. The largest absolute Gasteiger partial charge is 0.491 e. The van der Waals surface area contributed by atoms with Crippen molar-refractivity contribution in [2.45, 2.75) is 13.8 Å². The van der Waals surface area contributed by atoms with Crippen LogP contribution >= 0.6 is 11.6 Å². The number of benzene rings is 2. The van der Waals surface area contributed by atoms with E-state index in [1.54, 1.807) is 28.0 Å². The van der Waals surface area contributed by atoms with E-state index in [4.69, 9.17) is 21.1 Å². The number of hydrogen-bond donors (Lipinski definition) is 0. The average molecular weight is 443 g/mol. The van der Waals surface area contributed by atoms with Gasteiger partial charge in [0.1, 0.15) is 0 Å². The quantitative estimate of drug-likeness (QED) is 0.633. The zero-order valence-electron chi connectivity index (χ0n) is 18.1. The summed E-state index contributed by atoms with van der Waals surface area (Å²) in [6.45, 7) is 6.35. The molecule has 1 aliphatic rings. The number of nitrogens with zero attached hydrogens (tertiary/aromatic N) is 2. The summed E-state index contributed by atoms with van der Waals surface area (Å²) in [5.41, 5.74) is 2.54. The van der Waals surface area contributed by atoms with E-state index in [2.05, 4.69) is 0 Å². The first-order valence-corrected chi connectivity index (χ1v) is 10.6. The molecule has 0 radical (unpaired) electrons. The summed E-state index contributed by atoms with van der Waals surface area (Å²) in [6, 6.07) is 11.1. The fraction of sp³-hybridized carbons (Fsp3) is 0.333. The number of aryl methyl sites for hydroxylation is 1. The van der Waals surface area contributed by atoms with Crippen molar-refractivity contribution in [2.24, 2.45) is 0 Å². The van der Waals surface area contributed by atoms with E-state index in [0.717, 1.165) is 11.1 Å². The molecule has 0 N–H and O–H groups in total. The minimum absolute atomic E-state index is 0.000954. The van der Waals surface area contributed by atoms with Gasteiger partial charge < -0.3 is 19.3 Å². The molecule has 1 heterocycles. The number of ether oxygens (including phenoxy) is 2. The molecule has 2 aromatic carbocycles. The highest BCUT2D eigenvalue weighted by atomic mass is 35.5. The van der Waals surface area contributed by atoms with Crippen LogP contribution < -0.4 is 9.47 Å². The number of carbonyl (C=O) groups is 2. The van der Waals surface area contributed by atoms with Gasteiger partial charge in [0.05, 0.1) is 18.7 Å². The van der Waals surface area contributed by atoms with Gasteiger partial charge in [-0.15, -0.1) is 0 Å². The minimum Gasteiger partial charge on any atom is -0.491 e. The van der Waals surface area contributed by atoms with Crippen molar-refractivity contribution >= 4 is 29.5 Å². The Kier molecular flexibility index (Phi) is 7.58. The molecule has 1 saturated heterocycles. The lowest BCUT2D eigenvalue weighted by molar-refractivity contribution is -0.127. The first kappa shape index (κ1) is 22.7. The molecule has 0 spiro atoms. The monoisotopic (exact) mass is 442 g/mol. The van der Waals surface area contributed by atoms with Crippen molar-refractivity contribution < 1.29 is 19.1 Å². The van der Waals surface area contributed by atoms with E-state index >= 15 is 0 Å². The second-order valence-electron chi connectivity index (χ2n) is 7.28. The fourth-order valence-electron chi connectivity index (χ4n) is 3.43.